The van der Waals surface area contributed by atoms with Gasteiger partial charge in [-0.1, -0.05) is 36.4 Å². The second-order valence-electron chi connectivity index (χ2n) is 5.38. The van der Waals surface area contributed by atoms with E-state index in [1.807, 2.05) is 24.3 Å². The van der Waals surface area contributed by atoms with Crippen LogP contribution in [0.4, 0.5) is 11.5 Å². The highest BCUT2D eigenvalue weighted by atomic mass is 32.2. The van der Waals surface area contributed by atoms with Crippen LogP contribution in [0.15, 0.2) is 71.6 Å². The van der Waals surface area contributed by atoms with Crippen LogP contribution >= 0.6 is 0 Å². The van der Waals surface area contributed by atoms with E-state index in [4.69, 9.17) is 5.73 Å². The number of hydrogen-bond donors (Lipinski definition) is 2. The Hall–Kier alpha value is -2.86. The molecule has 0 fully saturated rings. The standard InChI is InChI=1S/C18H17N3O2S/c1-13-5-4-8-18(20-13)21-24(22,23)15-11-9-14(10-12-15)16-6-2-3-7-17(16)19/h2-12H,19H2,1H3,(H,20,21). The first-order valence-electron chi connectivity index (χ1n) is 7.37. The number of hydrogen-bond acceptors (Lipinski definition) is 4. The van der Waals surface area contributed by atoms with Crippen molar-refractivity contribution < 1.29 is 8.42 Å². The van der Waals surface area contributed by atoms with Gasteiger partial charge in [-0.3, -0.25) is 4.72 Å². The van der Waals surface area contributed by atoms with E-state index in [2.05, 4.69) is 9.71 Å². The molecule has 3 aromatic rings. The summed E-state index contributed by atoms with van der Waals surface area (Å²) in [5.41, 5.74) is 9.07. The number of nitrogen functional groups attached to an aromatic ring is 1. The van der Waals surface area contributed by atoms with Gasteiger partial charge in [0.2, 0.25) is 0 Å². The lowest BCUT2D eigenvalue weighted by molar-refractivity contribution is 0.601. The topological polar surface area (TPSA) is 85.1 Å². The summed E-state index contributed by atoms with van der Waals surface area (Å²) in [5.74, 6) is 0.298. The van der Waals surface area contributed by atoms with E-state index in [9.17, 15) is 8.42 Å². The summed E-state index contributed by atoms with van der Waals surface area (Å²) in [4.78, 5) is 4.32. The zero-order valence-electron chi connectivity index (χ0n) is 13.1. The highest BCUT2D eigenvalue weighted by Gasteiger charge is 2.15. The van der Waals surface area contributed by atoms with Gasteiger partial charge >= 0.3 is 0 Å². The molecule has 3 N–H and O–H groups in total. The molecule has 122 valence electrons. The number of aryl methyl sites for hydroxylation is 1. The molecular formula is C18H17N3O2S. The summed E-state index contributed by atoms with van der Waals surface area (Å²) in [6.45, 7) is 1.80. The Morgan fingerprint density at radius 2 is 1.62 bits per heavy atom. The number of sulfonamides is 1. The number of benzene rings is 2. The SMILES string of the molecule is Cc1cccc(NS(=O)(=O)c2ccc(-c3ccccc3N)cc2)n1. The molecule has 6 heteroatoms. The van der Waals surface area contributed by atoms with Gasteiger partial charge in [-0.05, 0) is 42.8 Å². The maximum atomic E-state index is 12.5. The Balaban J connectivity index is 1.88. The Morgan fingerprint density at radius 3 is 2.29 bits per heavy atom. The van der Waals surface area contributed by atoms with Crippen molar-refractivity contribution in [1.29, 1.82) is 0 Å². The predicted molar refractivity (Wildman–Crippen MR) is 96.1 cm³/mol. The van der Waals surface area contributed by atoms with E-state index in [0.717, 1.165) is 16.8 Å². The van der Waals surface area contributed by atoms with Gasteiger partial charge in [0.25, 0.3) is 10.0 Å². The molecule has 0 bridgehead atoms. The summed E-state index contributed by atoms with van der Waals surface area (Å²) < 4.78 is 27.4. The van der Waals surface area contributed by atoms with Gasteiger partial charge in [0.05, 0.1) is 4.90 Å². The number of anilines is 2. The first-order valence-corrected chi connectivity index (χ1v) is 8.85. The molecule has 0 saturated heterocycles. The van der Waals surface area contributed by atoms with Crippen molar-refractivity contribution >= 4 is 21.5 Å². The molecule has 5 nitrogen and oxygen atoms in total. The lowest BCUT2D eigenvalue weighted by Gasteiger charge is -2.09. The van der Waals surface area contributed by atoms with Crippen molar-refractivity contribution in [3.05, 3.63) is 72.4 Å². The van der Waals surface area contributed by atoms with E-state index < -0.39 is 10.0 Å². The molecule has 0 radical (unpaired) electrons. The zero-order valence-corrected chi connectivity index (χ0v) is 13.9. The monoisotopic (exact) mass is 339 g/mol. The van der Waals surface area contributed by atoms with Gasteiger partial charge in [0.15, 0.2) is 0 Å². The smallest absolute Gasteiger partial charge is 0.263 e. The Kier molecular flexibility index (Phi) is 4.22. The number of aromatic nitrogens is 1. The average molecular weight is 339 g/mol. The molecule has 0 spiro atoms. The van der Waals surface area contributed by atoms with Crippen molar-refractivity contribution in [2.75, 3.05) is 10.5 Å². The van der Waals surface area contributed by atoms with Gasteiger partial charge in [0.1, 0.15) is 5.82 Å². The van der Waals surface area contributed by atoms with E-state index in [1.54, 1.807) is 49.4 Å². The molecule has 0 aliphatic carbocycles. The van der Waals surface area contributed by atoms with Crippen molar-refractivity contribution in [3.63, 3.8) is 0 Å². The van der Waals surface area contributed by atoms with Crippen molar-refractivity contribution in [3.8, 4) is 11.1 Å². The lowest BCUT2D eigenvalue weighted by atomic mass is 10.0. The van der Waals surface area contributed by atoms with Crippen LogP contribution in [0, 0.1) is 6.92 Å². The minimum absolute atomic E-state index is 0.170. The quantitative estimate of drug-likeness (QED) is 0.713. The van der Waals surface area contributed by atoms with Crippen molar-refractivity contribution in [1.82, 2.24) is 4.98 Å². The average Bonchev–Trinajstić information content (AvgIpc) is 2.55. The molecule has 3 rings (SSSR count). The maximum Gasteiger partial charge on any atom is 0.263 e. The van der Waals surface area contributed by atoms with Crippen LogP contribution in [0.5, 0.6) is 0 Å². The van der Waals surface area contributed by atoms with Crippen molar-refractivity contribution in [2.24, 2.45) is 0 Å². The minimum atomic E-state index is -3.68. The molecule has 0 amide bonds. The van der Waals surface area contributed by atoms with E-state index in [1.165, 1.54) is 0 Å². The van der Waals surface area contributed by atoms with Crippen LogP contribution in [0.1, 0.15) is 5.69 Å². The molecule has 0 aliphatic heterocycles. The molecule has 24 heavy (non-hydrogen) atoms. The molecule has 2 aromatic carbocycles. The van der Waals surface area contributed by atoms with Gasteiger partial charge in [-0.25, -0.2) is 13.4 Å². The molecule has 0 unspecified atom stereocenters. The van der Waals surface area contributed by atoms with Gasteiger partial charge in [-0.2, -0.15) is 0 Å². The number of para-hydroxylation sites is 1. The number of nitrogens with zero attached hydrogens (tertiary/aromatic N) is 1. The van der Waals surface area contributed by atoms with E-state index >= 15 is 0 Å². The van der Waals surface area contributed by atoms with Gasteiger partial charge in [0, 0.05) is 16.9 Å². The summed E-state index contributed by atoms with van der Waals surface area (Å²) >= 11 is 0. The van der Waals surface area contributed by atoms with Gasteiger partial charge < -0.3 is 5.73 Å². The summed E-state index contributed by atoms with van der Waals surface area (Å²) in [5, 5.41) is 0. The van der Waals surface area contributed by atoms with Crippen LogP contribution < -0.4 is 10.5 Å². The maximum absolute atomic E-state index is 12.5. The van der Waals surface area contributed by atoms with Gasteiger partial charge in [-0.15, -0.1) is 0 Å². The summed E-state index contributed by atoms with van der Waals surface area (Å²) in [6, 6.07) is 19.2. The molecular weight excluding hydrogens is 322 g/mol. The Bertz CT molecular complexity index is 968. The van der Waals surface area contributed by atoms with Crippen LogP contribution in [-0.2, 0) is 10.0 Å². The predicted octanol–water partition coefficient (Wildman–Crippen LogP) is 3.44. The molecule has 1 aromatic heterocycles. The Morgan fingerprint density at radius 1 is 0.917 bits per heavy atom. The molecule has 0 saturated carbocycles. The molecule has 0 aliphatic rings. The third kappa shape index (κ3) is 3.38. The number of nitrogens with two attached hydrogens (primary N) is 1. The molecule has 1 heterocycles. The van der Waals surface area contributed by atoms with E-state index in [-0.39, 0.29) is 4.90 Å². The van der Waals surface area contributed by atoms with Crippen molar-refractivity contribution in [2.45, 2.75) is 11.8 Å². The first-order chi connectivity index (χ1) is 11.5. The number of nitrogens with one attached hydrogen (secondary N) is 1. The summed E-state index contributed by atoms with van der Waals surface area (Å²) in [6.07, 6.45) is 0. The highest BCUT2D eigenvalue weighted by molar-refractivity contribution is 7.92. The van der Waals surface area contributed by atoms with Crippen LogP contribution in [0.25, 0.3) is 11.1 Å². The normalized spacial score (nSPS) is 11.2. The van der Waals surface area contributed by atoms with Crippen LogP contribution in [0.3, 0.4) is 0 Å². The summed E-state index contributed by atoms with van der Waals surface area (Å²) in [7, 11) is -3.68. The fraction of sp³-hybridized carbons (Fsp3) is 0.0556. The molecule has 0 atom stereocenters. The second kappa shape index (κ2) is 6.33. The number of rotatable bonds is 4. The van der Waals surface area contributed by atoms with Crippen LogP contribution in [-0.4, -0.2) is 13.4 Å². The second-order valence-corrected chi connectivity index (χ2v) is 7.06. The van der Waals surface area contributed by atoms with Crippen LogP contribution in [0.2, 0.25) is 0 Å². The lowest BCUT2D eigenvalue weighted by Crippen LogP contribution is -2.14. The first kappa shape index (κ1) is 16.0. The third-order valence-corrected chi connectivity index (χ3v) is 4.93. The number of pyridine rings is 1. The zero-order chi connectivity index (χ0) is 17.2. The Labute approximate surface area is 141 Å². The largest absolute Gasteiger partial charge is 0.398 e. The fourth-order valence-electron chi connectivity index (χ4n) is 2.37. The third-order valence-electron chi connectivity index (χ3n) is 3.56. The highest BCUT2D eigenvalue weighted by Crippen LogP contribution is 2.26. The fourth-order valence-corrected chi connectivity index (χ4v) is 3.37. The van der Waals surface area contributed by atoms with E-state index in [0.29, 0.717) is 11.5 Å². The minimum Gasteiger partial charge on any atom is -0.398 e.